The highest BCUT2D eigenvalue weighted by atomic mass is 16.3. The van der Waals surface area contributed by atoms with Gasteiger partial charge in [0, 0.05) is 13.2 Å². The molecule has 104 valence electrons. The van der Waals surface area contributed by atoms with Gasteiger partial charge in [-0.3, -0.25) is 9.78 Å². The molecule has 0 spiro atoms. The molecule has 0 bridgehead atoms. The second kappa shape index (κ2) is 3.63. The van der Waals surface area contributed by atoms with E-state index in [1.807, 2.05) is 4.90 Å². The number of fused-ring (bicyclic) bond motifs is 1. The third kappa shape index (κ3) is 1.68. The number of aromatic amines is 1. The van der Waals surface area contributed by atoms with E-state index in [1.54, 1.807) is 0 Å². The highest BCUT2D eigenvalue weighted by Gasteiger charge is 2.61. The molecule has 19 heavy (non-hydrogen) atoms. The number of rotatable bonds is 3. The van der Waals surface area contributed by atoms with Crippen LogP contribution in [0.25, 0.3) is 0 Å². The van der Waals surface area contributed by atoms with E-state index < -0.39 is 0 Å². The summed E-state index contributed by atoms with van der Waals surface area (Å²) in [6.07, 6.45) is 0.973. The largest absolute Gasteiger partial charge is 0.396 e. The number of nitrogen functional groups attached to an aromatic ring is 1. The summed E-state index contributed by atoms with van der Waals surface area (Å²) >= 11 is 0. The molecule has 1 aromatic heterocycles. The highest BCUT2D eigenvalue weighted by molar-refractivity contribution is 5.70. The smallest absolute Gasteiger partial charge is 0.277 e. The molecular formula is C12H19N5O2. The van der Waals surface area contributed by atoms with Gasteiger partial charge in [-0.2, -0.15) is 4.98 Å². The standard InChI is InChI=1S/C12H19N5O2/c1-11(3-12(11,2)5-18)4-17-6-14-7-8(17)15-10(13)16-9(7)19/h14,18H,3-6H2,1-2H3,(H3,13,15,16,19). The minimum Gasteiger partial charge on any atom is -0.396 e. The second-order valence-corrected chi connectivity index (χ2v) is 6.14. The maximum atomic E-state index is 11.7. The third-order valence-electron chi connectivity index (χ3n) is 4.67. The van der Waals surface area contributed by atoms with Gasteiger partial charge < -0.3 is 21.1 Å². The van der Waals surface area contributed by atoms with Crippen LogP contribution in [-0.4, -0.2) is 34.9 Å². The summed E-state index contributed by atoms with van der Waals surface area (Å²) in [5, 5.41) is 12.5. The Labute approximate surface area is 110 Å². The second-order valence-electron chi connectivity index (χ2n) is 6.14. The first-order valence-electron chi connectivity index (χ1n) is 6.38. The van der Waals surface area contributed by atoms with Crippen molar-refractivity contribution in [2.75, 3.05) is 35.8 Å². The van der Waals surface area contributed by atoms with Crippen LogP contribution in [-0.2, 0) is 0 Å². The summed E-state index contributed by atoms with van der Waals surface area (Å²) in [7, 11) is 0. The van der Waals surface area contributed by atoms with Crippen molar-refractivity contribution in [3.63, 3.8) is 0 Å². The van der Waals surface area contributed by atoms with Gasteiger partial charge in [0.15, 0.2) is 5.82 Å². The van der Waals surface area contributed by atoms with Crippen LogP contribution < -0.4 is 21.5 Å². The van der Waals surface area contributed by atoms with Gasteiger partial charge in [0.1, 0.15) is 5.69 Å². The number of nitrogens with one attached hydrogen (secondary N) is 2. The van der Waals surface area contributed by atoms with Crippen molar-refractivity contribution in [3.05, 3.63) is 10.4 Å². The number of nitrogens with zero attached hydrogens (tertiary/aromatic N) is 2. The van der Waals surface area contributed by atoms with Gasteiger partial charge in [0.2, 0.25) is 5.95 Å². The van der Waals surface area contributed by atoms with Gasteiger partial charge in [0.05, 0.1) is 6.67 Å². The van der Waals surface area contributed by atoms with Crippen LogP contribution >= 0.6 is 0 Å². The lowest BCUT2D eigenvalue weighted by atomic mass is 9.96. The molecule has 5 N–H and O–H groups in total. The Hall–Kier alpha value is -1.76. The third-order valence-corrected chi connectivity index (χ3v) is 4.67. The van der Waals surface area contributed by atoms with E-state index in [9.17, 15) is 9.90 Å². The molecule has 7 nitrogen and oxygen atoms in total. The molecule has 1 aromatic rings. The Morgan fingerprint density at radius 3 is 2.84 bits per heavy atom. The number of aromatic nitrogens is 2. The number of anilines is 3. The molecule has 2 atom stereocenters. The van der Waals surface area contributed by atoms with Gasteiger partial charge in [0.25, 0.3) is 5.56 Å². The van der Waals surface area contributed by atoms with Crippen molar-refractivity contribution in [1.29, 1.82) is 0 Å². The van der Waals surface area contributed by atoms with Crippen LogP contribution in [0.5, 0.6) is 0 Å². The normalized spacial score (nSPS) is 32.1. The lowest BCUT2D eigenvalue weighted by Crippen LogP contribution is -2.32. The van der Waals surface area contributed by atoms with Crippen molar-refractivity contribution >= 4 is 17.5 Å². The van der Waals surface area contributed by atoms with Gasteiger partial charge in [-0.1, -0.05) is 13.8 Å². The van der Waals surface area contributed by atoms with Crippen LogP contribution in [0, 0.1) is 10.8 Å². The Morgan fingerprint density at radius 1 is 1.47 bits per heavy atom. The quantitative estimate of drug-likeness (QED) is 0.610. The summed E-state index contributed by atoms with van der Waals surface area (Å²) in [6.45, 7) is 5.71. The fourth-order valence-electron chi connectivity index (χ4n) is 2.98. The van der Waals surface area contributed by atoms with E-state index in [4.69, 9.17) is 5.73 Å². The predicted molar refractivity (Wildman–Crippen MR) is 73.0 cm³/mol. The highest BCUT2D eigenvalue weighted by Crippen LogP contribution is 2.63. The molecule has 7 heteroatoms. The Morgan fingerprint density at radius 2 is 2.21 bits per heavy atom. The minimum atomic E-state index is -0.240. The predicted octanol–water partition coefficient (Wildman–Crippen LogP) is -0.0499. The average molecular weight is 265 g/mol. The molecule has 1 aliphatic carbocycles. The van der Waals surface area contributed by atoms with Gasteiger partial charge in [-0.15, -0.1) is 0 Å². The number of H-pyrrole nitrogens is 1. The zero-order valence-electron chi connectivity index (χ0n) is 11.2. The van der Waals surface area contributed by atoms with Crippen molar-refractivity contribution in [1.82, 2.24) is 9.97 Å². The van der Waals surface area contributed by atoms with Gasteiger partial charge in [-0.25, -0.2) is 0 Å². The van der Waals surface area contributed by atoms with E-state index in [0.717, 1.165) is 13.0 Å². The van der Waals surface area contributed by atoms with Crippen molar-refractivity contribution < 1.29 is 5.11 Å². The number of nitrogens with two attached hydrogens (primary N) is 1. The number of aliphatic hydroxyl groups excluding tert-OH is 1. The van der Waals surface area contributed by atoms with E-state index in [2.05, 4.69) is 29.1 Å². The molecular weight excluding hydrogens is 246 g/mol. The molecule has 2 aliphatic rings. The topological polar surface area (TPSA) is 107 Å². The van der Waals surface area contributed by atoms with Crippen molar-refractivity contribution in [3.8, 4) is 0 Å². The minimum absolute atomic E-state index is 0.0392. The van der Waals surface area contributed by atoms with Crippen molar-refractivity contribution in [2.24, 2.45) is 10.8 Å². The van der Waals surface area contributed by atoms with Gasteiger partial charge >= 0.3 is 0 Å². The summed E-state index contributed by atoms with van der Waals surface area (Å²) in [6, 6.07) is 0. The Bertz CT molecular complexity index is 586. The Balaban J connectivity index is 1.87. The Kier molecular flexibility index (Phi) is 2.35. The monoisotopic (exact) mass is 265 g/mol. The molecule has 0 amide bonds. The first-order chi connectivity index (χ1) is 8.88. The molecule has 1 fully saturated rings. The van der Waals surface area contributed by atoms with E-state index >= 15 is 0 Å². The summed E-state index contributed by atoms with van der Waals surface area (Å²) in [4.78, 5) is 20.4. The molecule has 3 rings (SSSR count). The van der Waals surface area contributed by atoms with E-state index in [0.29, 0.717) is 18.2 Å². The molecule has 0 saturated heterocycles. The van der Waals surface area contributed by atoms with E-state index in [-0.39, 0.29) is 28.9 Å². The molecule has 1 aliphatic heterocycles. The fraction of sp³-hybridized carbons (Fsp3) is 0.667. The summed E-state index contributed by atoms with van der Waals surface area (Å²) in [5.74, 6) is 0.734. The maximum absolute atomic E-state index is 11.7. The molecule has 2 unspecified atom stereocenters. The zero-order chi connectivity index (χ0) is 13.8. The maximum Gasteiger partial charge on any atom is 0.277 e. The lowest BCUT2D eigenvalue weighted by molar-refractivity contribution is 0.191. The van der Waals surface area contributed by atoms with E-state index in [1.165, 1.54) is 0 Å². The summed E-state index contributed by atoms with van der Waals surface area (Å²) in [5.41, 5.74) is 5.83. The van der Waals surface area contributed by atoms with Crippen LogP contribution in [0.1, 0.15) is 20.3 Å². The van der Waals surface area contributed by atoms with Gasteiger partial charge in [-0.05, 0) is 17.3 Å². The number of hydrogen-bond acceptors (Lipinski definition) is 6. The first-order valence-corrected chi connectivity index (χ1v) is 6.38. The molecule has 0 aromatic carbocycles. The fourth-order valence-corrected chi connectivity index (χ4v) is 2.98. The van der Waals surface area contributed by atoms with Crippen LogP contribution in [0.4, 0.5) is 17.5 Å². The first kappa shape index (κ1) is 12.3. The number of aliphatic hydroxyl groups is 1. The van der Waals surface area contributed by atoms with Crippen LogP contribution in [0.2, 0.25) is 0 Å². The van der Waals surface area contributed by atoms with Crippen molar-refractivity contribution in [2.45, 2.75) is 20.3 Å². The lowest BCUT2D eigenvalue weighted by Gasteiger charge is -2.24. The van der Waals surface area contributed by atoms with Crippen LogP contribution in [0.3, 0.4) is 0 Å². The van der Waals surface area contributed by atoms with Crippen LogP contribution in [0.15, 0.2) is 4.79 Å². The average Bonchev–Trinajstić information content (AvgIpc) is 2.67. The summed E-state index contributed by atoms with van der Waals surface area (Å²) < 4.78 is 0. The number of hydrogen-bond donors (Lipinski definition) is 4. The zero-order valence-corrected chi connectivity index (χ0v) is 11.2. The molecule has 0 radical (unpaired) electrons. The molecule has 2 heterocycles. The SMILES string of the molecule is CC1(CO)CC1(C)CN1CNc2c1nc(N)[nH]c2=O. The molecule has 1 saturated carbocycles.